The van der Waals surface area contributed by atoms with Gasteiger partial charge in [-0.05, 0) is 47.6 Å². The molecule has 3 nitrogen and oxygen atoms in total. The summed E-state index contributed by atoms with van der Waals surface area (Å²) >= 11 is 0. The van der Waals surface area contributed by atoms with Crippen LogP contribution in [-0.4, -0.2) is 13.0 Å². The van der Waals surface area contributed by atoms with E-state index in [1.165, 1.54) is 115 Å². The van der Waals surface area contributed by atoms with E-state index in [-0.39, 0.29) is 56.3 Å². The fourth-order valence-electron chi connectivity index (χ4n) is 5.66. The maximum absolute atomic E-state index is 12.2. The van der Waals surface area contributed by atoms with Crippen molar-refractivity contribution in [3.63, 3.8) is 0 Å². The first-order valence-electron chi connectivity index (χ1n) is 16.0. The Labute approximate surface area is 283 Å². The molecule has 0 aliphatic carbocycles. The fraction of sp³-hybridized carbons (Fsp3) is 0.706. The van der Waals surface area contributed by atoms with Crippen molar-refractivity contribution in [2.24, 2.45) is 0 Å². The molecule has 0 aliphatic heterocycles. The van der Waals surface area contributed by atoms with E-state index in [0.29, 0.717) is 17.4 Å². The molecule has 2 aromatic rings. The second kappa shape index (κ2) is 22.8. The summed E-state index contributed by atoms with van der Waals surface area (Å²) in [5, 5.41) is 1.47. The first-order valence-corrected chi connectivity index (χ1v) is 17.4. The Balaban J connectivity index is 0.00000760. The van der Waals surface area contributed by atoms with Gasteiger partial charge in [-0.2, -0.15) is 0 Å². The zero-order valence-corrected chi connectivity index (χ0v) is 29.5. The van der Waals surface area contributed by atoms with E-state index in [1.54, 1.807) is 0 Å². The molecule has 216 valence electrons. The zero-order chi connectivity index (χ0) is 27.5. The van der Waals surface area contributed by atoms with Crippen molar-refractivity contribution in [3.8, 4) is 0 Å². The minimum absolute atomic E-state index is 0. The second-order valence-electron chi connectivity index (χ2n) is 11.4. The molecule has 0 atom stereocenters. The fourth-order valence-corrected chi connectivity index (χ4v) is 6.61. The second-order valence-corrected chi connectivity index (χ2v) is 12.7. The molecule has 0 aromatic heterocycles. The monoisotopic (exact) mass is 582 g/mol. The van der Waals surface area contributed by atoms with Gasteiger partial charge in [0.2, 0.25) is 0 Å². The van der Waals surface area contributed by atoms with E-state index in [0.717, 1.165) is 31.1 Å². The molecule has 0 amide bonds. The van der Waals surface area contributed by atoms with Gasteiger partial charge < -0.3 is 4.55 Å². The van der Waals surface area contributed by atoms with Crippen LogP contribution in [0.2, 0.25) is 0 Å². The smallest absolute Gasteiger partial charge is 0.744 e. The van der Waals surface area contributed by atoms with E-state index in [2.05, 4.69) is 19.9 Å². The number of unbranched alkanes of at least 4 members (excludes halogenated alkanes) is 18. The molecule has 0 saturated heterocycles. The number of hydrogen-bond donors (Lipinski definition) is 0. The summed E-state index contributed by atoms with van der Waals surface area (Å²) in [6, 6.07) is 9.87. The van der Waals surface area contributed by atoms with Gasteiger partial charge in [0.1, 0.15) is 10.1 Å². The molecule has 2 rings (SSSR count). The Hall–Kier alpha value is 0.246. The van der Waals surface area contributed by atoms with E-state index in [9.17, 15) is 13.0 Å². The summed E-state index contributed by atoms with van der Waals surface area (Å²) in [5.74, 6) is 0. The van der Waals surface area contributed by atoms with Crippen LogP contribution in [0.4, 0.5) is 0 Å². The van der Waals surface area contributed by atoms with Crippen LogP contribution in [0, 0.1) is 0 Å². The summed E-state index contributed by atoms with van der Waals surface area (Å²) in [7, 11) is -4.52. The molecule has 0 bridgehead atoms. The Morgan fingerprint density at radius 1 is 0.564 bits per heavy atom. The average Bonchev–Trinajstić information content (AvgIpc) is 2.89. The van der Waals surface area contributed by atoms with Gasteiger partial charge in [0.25, 0.3) is 0 Å². The molecular formula is C34H55KO3S. The molecule has 0 heterocycles. The third kappa shape index (κ3) is 15.9. The van der Waals surface area contributed by atoms with E-state index < -0.39 is 10.1 Å². The largest absolute Gasteiger partial charge is 1.00 e. The average molecular weight is 583 g/mol. The molecule has 0 aliphatic rings. The van der Waals surface area contributed by atoms with Gasteiger partial charge in [0.15, 0.2) is 0 Å². The molecule has 5 heteroatoms. The van der Waals surface area contributed by atoms with Crippen molar-refractivity contribution in [2.45, 2.75) is 160 Å². The number of aryl methyl sites for hydroxylation is 2. The van der Waals surface area contributed by atoms with E-state index in [1.807, 2.05) is 24.3 Å². The summed E-state index contributed by atoms with van der Waals surface area (Å²) < 4.78 is 36.7. The van der Waals surface area contributed by atoms with Crippen molar-refractivity contribution in [1.29, 1.82) is 0 Å². The first kappa shape index (κ1) is 37.3. The summed E-state index contributed by atoms with van der Waals surface area (Å²) in [6.07, 6.45) is 27.3. The quantitative estimate of drug-likeness (QED) is 0.0767. The molecule has 0 spiro atoms. The number of benzene rings is 2. The van der Waals surface area contributed by atoms with Crippen molar-refractivity contribution < 1.29 is 64.4 Å². The molecule has 0 N–H and O–H groups in total. The van der Waals surface area contributed by atoms with Gasteiger partial charge in [0.05, 0.1) is 4.90 Å². The van der Waals surface area contributed by atoms with Crippen molar-refractivity contribution >= 4 is 20.9 Å². The van der Waals surface area contributed by atoms with Crippen LogP contribution in [0.1, 0.15) is 153 Å². The van der Waals surface area contributed by atoms with E-state index in [4.69, 9.17) is 0 Å². The number of fused-ring (bicyclic) bond motifs is 1. The van der Waals surface area contributed by atoms with Crippen molar-refractivity contribution in [3.05, 3.63) is 41.5 Å². The molecule has 39 heavy (non-hydrogen) atoms. The van der Waals surface area contributed by atoms with Gasteiger partial charge in [-0.3, -0.25) is 0 Å². The third-order valence-electron chi connectivity index (χ3n) is 7.99. The van der Waals surface area contributed by atoms with Crippen LogP contribution in [0.5, 0.6) is 0 Å². The Kier molecular flexibility index (Phi) is 21.8. The van der Waals surface area contributed by atoms with Gasteiger partial charge in [0, 0.05) is 0 Å². The molecule has 0 radical (unpaired) electrons. The van der Waals surface area contributed by atoms with Gasteiger partial charge in [-0.1, -0.05) is 160 Å². The SMILES string of the molecule is CCCCCCCCCCCCc1ccc2c(S(=O)(=O)[O-])c(CCCCCCCCCCCC)ccc2c1.[K+]. The molecule has 0 unspecified atom stereocenters. The molecule has 0 saturated carbocycles. The van der Waals surface area contributed by atoms with Gasteiger partial charge in [-0.25, -0.2) is 8.42 Å². The predicted molar refractivity (Wildman–Crippen MR) is 163 cm³/mol. The van der Waals surface area contributed by atoms with Gasteiger partial charge in [-0.15, -0.1) is 0 Å². The topological polar surface area (TPSA) is 57.2 Å². The molecule has 2 aromatic carbocycles. The zero-order valence-electron chi connectivity index (χ0n) is 25.6. The summed E-state index contributed by atoms with van der Waals surface area (Å²) in [4.78, 5) is 0.0106. The third-order valence-corrected chi connectivity index (χ3v) is 8.97. The van der Waals surface area contributed by atoms with Gasteiger partial charge >= 0.3 is 51.4 Å². The summed E-state index contributed by atoms with van der Waals surface area (Å²) in [6.45, 7) is 4.51. The molecular weight excluding hydrogens is 528 g/mol. The molecule has 0 fully saturated rings. The Morgan fingerprint density at radius 3 is 1.46 bits per heavy atom. The Bertz CT molecular complexity index is 1000. The minimum Gasteiger partial charge on any atom is -0.744 e. The van der Waals surface area contributed by atoms with E-state index >= 15 is 0 Å². The van der Waals surface area contributed by atoms with Crippen LogP contribution in [0.3, 0.4) is 0 Å². The summed E-state index contributed by atoms with van der Waals surface area (Å²) in [5.41, 5.74) is 1.92. The van der Waals surface area contributed by atoms with Crippen LogP contribution in [0.15, 0.2) is 35.2 Å². The van der Waals surface area contributed by atoms with Crippen LogP contribution >= 0.6 is 0 Å². The number of hydrogen-bond acceptors (Lipinski definition) is 3. The predicted octanol–water partition coefficient (Wildman–Crippen LogP) is 7.67. The maximum Gasteiger partial charge on any atom is 1.00 e. The van der Waals surface area contributed by atoms with Crippen molar-refractivity contribution in [1.82, 2.24) is 0 Å². The van der Waals surface area contributed by atoms with Crippen LogP contribution in [0.25, 0.3) is 10.8 Å². The standard InChI is InChI=1S/C34H56O3S.K/c1-3-5-7-9-11-13-15-17-19-21-23-30-25-28-33-32(29-30)27-26-31(34(33)38(35,36)37)24-22-20-18-16-14-12-10-8-6-4-2;/h25-29H,3-24H2,1-2H3,(H,35,36,37);/q;+1/p-1. The van der Waals surface area contributed by atoms with Crippen LogP contribution < -0.4 is 51.4 Å². The minimum atomic E-state index is -4.52. The number of rotatable bonds is 23. The Morgan fingerprint density at radius 2 is 1.00 bits per heavy atom. The van der Waals surface area contributed by atoms with Crippen molar-refractivity contribution in [2.75, 3.05) is 0 Å². The van der Waals surface area contributed by atoms with Crippen LogP contribution in [-0.2, 0) is 23.0 Å². The first-order chi connectivity index (χ1) is 18.5. The normalized spacial score (nSPS) is 11.7. The maximum atomic E-state index is 12.2.